The predicted octanol–water partition coefficient (Wildman–Crippen LogP) is 4.93. The Hall–Kier alpha value is -1.43. The minimum Gasteiger partial charge on any atom is -0.320 e. The molecule has 0 unspecified atom stereocenters. The van der Waals surface area contributed by atoms with E-state index in [2.05, 4.69) is 0 Å². The lowest BCUT2D eigenvalue weighted by Gasteiger charge is -2.30. The van der Waals surface area contributed by atoms with E-state index in [1.807, 2.05) is 4.90 Å². The summed E-state index contributed by atoms with van der Waals surface area (Å²) in [6.07, 6.45) is 1.20. The van der Waals surface area contributed by atoms with Gasteiger partial charge in [0, 0.05) is 30.7 Å². The Kier molecular flexibility index (Phi) is 4.95. The predicted molar refractivity (Wildman–Crippen MR) is 85.8 cm³/mol. The van der Waals surface area contributed by atoms with Gasteiger partial charge in [-0.1, -0.05) is 36.9 Å². The number of rotatable bonds is 3. The topological polar surface area (TPSA) is 23.6 Å². The van der Waals surface area contributed by atoms with Crippen molar-refractivity contribution in [1.29, 1.82) is 0 Å². The van der Waals surface area contributed by atoms with Crippen molar-refractivity contribution in [2.24, 2.45) is 0 Å². The molecule has 1 aliphatic carbocycles. The third-order valence-electron chi connectivity index (χ3n) is 4.88. The van der Waals surface area contributed by atoms with Gasteiger partial charge in [-0.3, -0.25) is 0 Å². The van der Waals surface area contributed by atoms with Crippen molar-refractivity contribution in [3.8, 4) is 0 Å². The number of amides is 2. The van der Waals surface area contributed by atoms with Crippen molar-refractivity contribution < 1.29 is 18.0 Å². The summed E-state index contributed by atoms with van der Waals surface area (Å²) in [4.78, 5) is 16.2. The van der Waals surface area contributed by atoms with E-state index >= 15 is 0 Å². The Balaban J connectivity index is 1.67. The molecule has 2 aliphatic rings. The van der Waals surface area contributed by atoms with E-state index in [0.29, 0.717) is 24.7 Å². The highest BCUT2D eigenvalue weighted by atomic mass is 35.5. The fourth-order valence-corrected chi connectivity index (χ4v) is 3.78. The number of carbonyl (C=O) groups excluding carboxylic acids is 1. The van der Waals surface area contributed by atoms with Crippen LogP contribution in [0.2, 0.25) is 5.02 Å². The summed E-state index contributed by atoms with van der Waals surface area (Å²) in [6, 6.07) is 3.58. The van der Waals surface area contributed by atoms with Gasteiger partial charge in [0.05, 0.1) is 5.56 Å². The van der Waals surface area contributed by atoms with Gasteiger partial charge in [-0.15, -0.1) is 0 Å². The van der Waals surface area contributed by atoms with Crippen LogP contribution >= 0.6 is 11.6 Å². The van der Waals surface area contributed by atoms with Gasteiger partial charge in [0.1, 0.15) is 0 Å². The highest BCUT2D eigenvalue weighted by Gasteiger charge is 2.35. The van der Waals surface area contributed by atoms with Crippen LogP contribution in [0.1, 0.15) is 43.2 Å². The maximum atomic E-state index is 12.7. The molecule has 0 spiro atoms. The van der Waals surface area contributed by atoms with Crippen molar-refractivity contribution >= 4 is 17.6 Å². The lowest BCUT2D eigenvalue weighted by molar-refractivity contribution is -0.137. The fourth-order valence-electron chi connectivity index (χ4n) is 3.54. The Labute approximate surface area is 144 Å². The Bertz CT molecular complexity index is 614. The Morgan fingerprint density at radius 3 is 2.46 bits per heavy atom. The molecule has 0 N–H and O–H groups in total. The second kappa shape index (κ2) is 6.82. The molecule has 0 atom stereocenters. The first-order valence-corrected chi connectivity index (χ1v) is 8.65. The van der Waals surface area contributed by atoms with Crippen LogP contribution in [-0.4, -0.2) is 35.0 Å². The number of alkyl halides is 3. The van der Waals surface area contributed by atoms with Crippen molar-refractivity contribution in [1.82, 2.24) is 9.80 Å². The lowest BCUT2D eigenvalue weighted by atomic mass is 9.94. The van der Waals surface area contributed by atoms with Gasteiger partial charge in [0.15, 0.2) is 0 Å². The molecule has 0 aromatic heterocycles. The van der Waals surface area contributed by atoms with Gasteiger partial charge in [-0.05, 0) is 30.5 Å². The standard InChI is InChI=1S/C17H20ClF3N2O/c18-15-10-13(17(19,20)21)7-6-12(15)11-22-8-9-23(16(22)24)14-4-2-1-3-5-14/h6-7,10,14H,1-5,8-9,11H2. The first-order valence-electron chi connectivity index (χ1n) is 8.27. The number of carbonyl (C=O) groups is 1. The zero-order valence-electron chi connectivity index (χ0n) is 13.3. The minimum absolute atomic E-state index is 0.0298. The second-order valence-corrected chi connectivity index (χ2v) is 6.90. The van der Waals surface area contributed by atoms with Crippen LogP contribution in [0.15, 0.2) is 18.2 Å². The number of nitrogens with zero attached hydrogens (tertiary/aromatic N) is 2. The summed E-state index contributed by atoms with van der Waals surface area (Å²) in [7, 11) is 0. The molecule has 1 aromatic carbocycles. The molecular weight excluding hydrogens is 341 g/mol. The molecule has 24 heavy (non-hydrogen) atoms. The smallest absolute Gasteiger partial charge is 0.320 e. The van der Waals surface area contributed by atoms with E-state index in [1.54, 1.807) is 4.90 Å². The number of urea groups is 1. The number of hydrogen-bond donors (Lipinski definition) is 0. The summed E-state index contributed by atoms with van der Waals surface area (Å²) in [5.41, 5.74) is -0.226. The maximum Gasteiger partial charge on any atom is 0.416 e. The molecular formula is C17H20ClF3N2O. The van der Waals surface area contributed by atoms with E-state index < -0.39 is 11.7 Å². The molecule has 2 amide bonds. The molecule has 1 aromatic rings. The van der Waals surface area contributed by atoms with Crippen LogP contribution in [0.3, 0.4) is 0 Å². The Morgan fingerprint density at radius 1 is 1.12 bits per heavy atom. The minimum atomic E-state index is -4.41. The summed E-state index contributed by atoms with van der Waals surface area (Å²) in [5, 5.41) is 0.0498. The second-order valence-electron chi connectivity index (χ2n) is 6.49. The first kappa shape index (κ1) is 17.4. The normalized spacial score (nSPS) is 20.1. The van der Waals surface area contributed by atoms with Crippen LogP contribution in [0.4, 0.5) is 18.0 Å². The monoisotopic (exact) mass is 360 g/mol. The van der Waals surface area contributed by atoms with Crippen LogP contribution in [0.5, 0.6) is 0 Å². The lowest BCUT2D eigenvalue weighted by Crippen LogP contribution is -2.40. The number of halogens is 4. The highest BCUT2D eigenvalue weighted by molar-refractivity contribution is 6.31. The van der Waals surface area contributed by atoms with Crippen LogP contribution in [0, 0.1) is 0 Å². The van der Waals surface area contributed by atoms with Gasteiger partial charge >= 0.3 is 12.2 Å². The van der Waals surface area contributed by atoms with E-state index in [0.717, 1.165) is 37.8 Å². The Morgan fingerprint density at radius 2 is 1.83 bits per heavy atom. The maximum absolute atomic E-state index is 12.7. The molecule has 1 saturated heterocycles. The van der Waals surface area contributed by atoms with E-state index in [9.17, 15) is 18.0 Å². The number of hydrogen-bond acceptors (Lipinski definition) is 1. The first-order chi connectivity index (χ1) is 11.4. The molecule has 7 heteroatoms. The van der Waals surface area contributed by atoms with Gasteiger partial charge in [0.25, 0.3) is 0 Å². The highest BCUT2D eigenvalue weighted by Crippen LogP contribution is 2.33. The average molecular weight is 361 g/mol. The molecule has 1 saturated carbocycles. The molecule has 3 rings (SSSR count). The van der Waals surface area contributed by atoms with Gasteiger partial charge < -0.3 is 9.80 Å². The molecule has 2 fully saturated rings. The van der Waals surface area contributed by atoms with Gasteiger partial charge in [-0.2, -0.15) is 13.2 Å². The number of benzene rings is 1. The summed E-state index contributed by atoms with van der Waals surface area (Å²) in [6.45, 7) is 1.52. The average Bonchev–Trinajstić information content (AvgIpc) is 2.90. The van der Waals surface area contributed by atoms with E-state index in [4.69, 9.17) is 11.6 Å². The largest absolute Gasteiger partial charge is 0.416 e. The third-order valence-corrected chi connectivity index (χ3v) is 5.24. The zero-order chi connectivity index (χ0) is 17.3. The van der Waals surface area contributed by atoms with Crippen molar-refractivity contribution in [3.63, 3.8) is 0 Å². The summed E-state index contributed by atoms with van der Waals surface area (Å²) >= 11 is 6.00. The summed E-state index contributed by atoms with van der Waals surface area (Å²) < 4.78 is 38.1. The third kappa shape index (κ3) is 3.63. The molecule has 3 nitrogen and oxygen atoms in total. The van der Waals surface area contributed by atoms with Gasteiger partial charge in [0.2, 0.25) is 0 Å². The van der Waals surface area contributed by atoms with Gasteiger partial charge in [-0.25, -0.2) is 4.79 Å². The molecule has 132 valence electrons. The summed E-state index contributed by atoms with van der Waals surface area (Å²) in [5.74, 6) is 0. The van der Waals surface area contributed by atoms with E-state index in [-0.39, 0.29) is 17.6 Å². The van der Waals surface area contributed by atoms with Crippen LogP contribution in [0.25, 0.3) is 0 Å². The molecule has 0 bridgehead atoms. The van der Waals surface area contributed by atoms with Crippen molar-refractivity contribution in [2.45, 2.75) is 50.9 Å². The molecule has 0 radical (unpaired) electrons. The quantitative estimate of drug-likeness (QED) is 0.749. The molecule has 1 heterocycles. The van der Waals surface area contributed by atoms with E-state index in [1.165, 1.54) is 12.5 Å². The fraction of sp³-hybridized carbons (Fsp3) is 0.588. The zero-order valence-corrected chi connectivity index (χ0v) is 14.0. The molecule has 1 aliphatic heterocycles. The van der Waals surface area contributed by atoms with Crippen molar-refractivity contribution in [3.05, 3.63) is 34.3 Å². The van der Waals surface area contributed by atoms with Crippen LogP contribution in [-0.2, 0) is 12.7 Å². The SMILES string of the molecule is O=C1N(Cc2ccc(C(F)(F)F)cc2Cl)CCN1C1CCCCC1. The van der Waals surface area contributed by atoms with Crippen molar-refractivity contribution in [2.75, 3.05) is 13.1 Å². The van der Waals surface area contributed by atoms with Crippen LogP contribution < -0.4 is 0 Å².